The van der Waals surface area contributed by atoms with Gasteiger partial charge in [0, 0.05) is 24.4 Å². The first-order valence-electron chi connectivity index (χ1n) is 7.84. The third-order valence-electron chi connectivity index (χ3n) is 3.66. The number of aryl methyl sites for hydroxylation is 1. The van der Waals surface area contributed by atoms with Gasteiger partial charge in [-0.25, -0.2) is 4.98 Å². The lowest BCUT2D eigenvalue weighted by Gasteiger charge is -2.14. The second-order valence-corrected chi connectivity index (χ2v) is 7.52. The highest BCUT2D eigenvalue weighted by Gasteiger charge is 2.17. The van der Waals surface area contributed by atoms with Crippen molar-refractivity contribution < 1.29 is 0 Å². The second-order valence-electron chi connectivity index (χ2n) is 6.58. The summed E-state index contributed by atoms with van der Waals surface area (Å²) >= 11 is 1.69. The Labute approximate surface area is 166 Å². The fourth-order valence-electron chi connectivity index (χ4n) is 2.10. The number of benzene rings is 1. The average molecular weight is 458 g/mol. The molecule has 0 unspecified atom stereocenters. The fraction of sp³-hybridized carbons (Fsp3) is 0.444. The summed E-state index contributed by atoms with van der Waals surface area (Å²) in [7, 11) is 1.79. The highest BCUT2D eigenvalue weighted by molar-refractivity contribution is 14.0. The van der Waals surface area contributed by atoms with Crippen molar-refractivity contribution in [3.63, 3.8) is 0 Å². The number of hydrogen-bond donors (Lipinski definition) is 2. The number of guanidine groups is 1. The molecule has 0 aliphatic heterocycles. The van der Waals surface area contributed by atoms with Crippen LogP contribution in [0, 0.1) is 6.92 Å². The standard InChI is InChI=1S/C18H26N4S.HI/c1-13-8-6-7-9-14(13)10-20-17(19-5)21-11-16-22-15(12-23-16)18(2,3)4;/h6-9,12H,10-11H2,1-5H3,(H2,19,20,21);1H. The molecular weight excluding hydrogens is 431 g/mol. The van der Waals surface area contributed by atoms with Gasteiger partial charge in [-0.15, -0.1) is 35.3 Å². The molecule has 0 spiro atoms. The molecule has 4 nitrogen and oxygen atoms in total. The molecule has 132 valence electrons. The Morgan fingerprint density at radius 3 is 2.42 bits per heavy atom. The smallest absolute Gasteiger partial charge is 0.191 e. The summed E-state index contributed by atoms with van der Waals surface area (Å²) in [6.45, 7) is 10.1. The van der Waals surface area contributed by atoms with E-state index in [9.17, 15) is 0 Å². The van der Waals surface area contributed by atoms with E-state index >= 15 is 0 Å². The molecule has 1 heterocycles. The molecule has 0 radical (unpaired) electrons. The van der Waals surface area contributed by atoms with Crippen molar-refractivity contribution in [2.24, 2.45) is 4.99 Å². The van der Waals surface area contributed by atoms with Gasteiger partial charge in [-0.1, -0.05) is 45.0 Å². The molecule has 0 fully saturated rings. The van der Waals surface area contributed by atoms with Crippen LogP contribution >= 0.6 is 35.3 Å². The third-order valence-corrected chi connectivity index (χ3v) is 4.51. The Morgan fingerprint density at radius 1 is 1.17 bits per heavy atom. The molecule has 0 saturated carbocycles. The molecule has 2 aromatic rings. The Morgan fingerprint density at radius 2 is 1.83 bits per heavy atom. The molecule has 24 heavy (non-hydrogen) atoms. The highest BCUT2D eigenvalue weighted by Crippen LogP contribution is 2.23. The molecule has 0 bridgehead atoms. The highest BCUT2D eigenvalue weighted by atomic mass is 127. The molecule has 2 rings (SSSR count). The van der Waals surface area contributed by atoms with Gasteiger partial charge in [0.1, 0.15) is 5.01 Å². The quantitative estimate of drug-likeness (QED) is 0.410. The van der Waals surface area contributed by atoms with E-state index in [1.807, 2.05) is 0 Å². The van der Waals surface area contributed by atoms with Gasteiger partial charge in [0.05, 0.1) is 12.2 Å². The van der Waals surface area contributed by atoms with Crippen LogP contribution in [0.15, 0.2) is 34.6 Å². The third kappa shape index (κ3) is 6.05. The maximum Gasteiger partial charge on any atom is 0.191 e. The van der Waals surface area contributed by atoms with Crippen LogP contribution in [0.1, 0.15) is 42.6 Å². The zero-order chi connectivity index (χ0) is 16.9. The molecular formula is C18H27IN4S. The minimum atomic E-state index is 0. The molecule has 0 saturated heterocycles. The van der Waals surface area contributed by atoms with Crippen LogP contribution in [-0.2, 0) is 18.5 Å². The van der Waals surface area contributed by atoms with Crippen molar-refractivity contribution in [1.29, 1.82) is 0 Å². The van der Waals surface area contributed by atoms with Crippen molar-refractivity contribution in [2.45, 2.75) is 46.2 Å². The van der Waals surface area contributed by atoms with Crippen molar-refractivity contribution in [1.82, 2.24) is 15.6 Å². The minimum absolute atomic E-state index is 0. The van der Waals surface area contributed by atoms with E-state index in [-0.39, 0.29) is 29.4 Å². The van der Waals surface area contributed by atoms with E-state index in [4.69, 9.17) is 4.98 Å². The number of halogens is 1. The monoisotopic (exact) mass is 458 g/mol. The number of aromatic nitrogens is 1. The summed E-state index contributed by atoms with van der Waals surface area (Å²) in [5.41, 5.74) is 3.80. The number of rotatable bonds is 4. The second kappa shape index (κ2) is 9.36. The maximum atomic E-state index is 4.69. The normalized spacial score (nSPS) is 11.8. The Bertz CT molecular complexity index is 674. The Balaban J connectivity index is 0.00000288. The van der Waals surface area contributed by atoms with Crippen molar-refractivity contribution >= 4 is 41.3 Å². The summed E-state index contributed by atoms with van der Waals surface area (Å²) in [5, 5.41) is 9.89. The lowest BCUT2D eigenvalue weighted by atomic mass is 9.93. The zero-order valence-corrected chi connectivity index (χ0v) is 18.2. The summed E-state index contributed by atoms with van der Waals surface area (Å²) in [6, 6.07) is 8.37. The minimum Gasteiger partial charge on any atom is -0.352 e. The van der Waals surface area contributed by atoms with Crippen LogP contribution in [0.5, 0.6) is 0 Å². The zero-order valence-electron chi connectivity index (χ0n) is 15.0. The van der Waals surface area contributed by atoms with E-state index < -0.39 is 0 Å². The molecule has 0 aliphatic carbocycles. The van der Waals surface area contributed by atoms with Gasteiger partial charge in [0.2, 0.25) is 0 Å². The van der Waals surface area contributed by atoms with Gasteiger partial charge in [0.25, 0.3) is 0 Å². The van der Waals surface area contributed by atoms with Gasteiger partial charge in [-0.05, 0) is 18.1 Å². The van der Waals surface area contributed by atoms with Gasteiger partial charge in [0.15, 0.2) is 5.96 Å². The predicted octanol–water partition coefficient (Wildman–Crippen LogP) is 4.23. The van der Waals surface area contributed by atoms with Gasteiger partial charge >= 0.3 is 0 Å². The molecule has 0 aliphatic rings. The van der Waals surface area contributed by atoms with Crippen molar-refractivity contribution in [3.05, 3.63) is 51.5 Å². The molecule has 0 atom stereocenters. The number of nitrogens with one attached hydrogen (secondary N) is 2. The first-order chi connectivity index (χ1) is 10.9. The van der Waals surface area contributed by atoms with Crippen LogP contribution in [0.2, 0.25) is 0 Å². The number of thiazole rings is 1. The van der Waals surface area contributed by atoms with Crippen LogP contribution < -0.4 is 10.6 Å². The van der Waals surface area contributed by atoms with Gasteiger partial charge in [-0.3, -0.25) is 4.99 Å². The van der Waals surface area contributed by atoms with E-state index in [0.717, 1.165) is 23.2 Å². The van der Waals surface area contributed by atoms with E-state index in [0.29, 0.717) is 6.54 Å². The van der Waals surface area contributed by atoms with Gasteiger partial charge < -0.3 is 10.6 Å². The van der Waals surface area contributed by atoms with E-state index in [1.165, 1.54) is 11.1 Å². The van der Waals surface area contributed by atoms with Crippen molar-refractivity contribution in [2.75, 3.05) is 7.05 Å². The summed E-state index contributed by atoms with van der Waals surface area (Å²) in [6.07, 6.45) is 0. The molecule has 0 amide bonds. The van der Waals surface area contributed by atoms with Gasteiger partial charge in [-0.2, -0.15) is 0 Å². The van der Waals surface area contributed by atoms with Crippen LogP contribution in [0.25, 0.3) is 0 Å². The molecule has 1 aromatic heterocycles. The molecule has 1 aromatic carbocycles. The Kier molecular flexibility index (Phi) is 8.15. The first kappa shape index (κ1) is 20.9. The van der Waals surface area contributed by atoms with Crippen LogP contribution in [0.3, 0.4) is 0 Å². The van der Waals surface area contributed by atoms with Crippen molar-refractivity contribution in [3.8, 4) is 0 Å². The SMILES string of the molecule is CN=C(NCc1nc(C(C)(C)C)cs1)NCc1ccccc1C.I. The average Bonchev–Trinajstić information content (AvgIpc) is 2.98. The topological polar surface area (TPSA) is 49.3 Å². The first-order valence-corrected chi connectivity index (χ1v) is 8.72. The summed E-state index contributed by atoms with van der Waals surface area (Å²) < 4.78 is 0. The number of aliphatic imine (C=N–C) groups is 1. The van der Waals surface area contributed by atoms with Crippen LogP contribution in [-0.4, -0.2) is 18.0 Å². The lowest BCUT2D eigenvalue weighted by molar-refractivity contribution is 0.570. The molecule has 2 N–H and O–H groups in total. The molecule has 6 heteroatoms. The summed E-state index contributed by atoms with van der Waals surface area (Å²) in [4.78, 5) is 8.97. The van der Waals surface area contributed by atoms with Crippen LogP contribution in [0.4, 0.5) is 0 Å². The summed E-state index contributed by atoms with van der Waals surface area (Å²) in [5.74, 6) is 0.792. The van der Waals surface area contributed by atoms with E-state index in [1.54, 1.807) is 18.4 Å². The predicted molar refractivity (Wildman–Crippen MR) is 114 cm³/mol. The van der Waals surface area contributed by atoms with E-state index in [2.05, 4.69) is 73.0 Å². The fourth-order valence-corrected chi connectivity index (χ4v) is 3.06. The number of hydrogen-bond acceptors (Lipinski definition) is 3. The number of nitrogens with zero attached hydrogens (tertiary/aromatic N) is 2. The lowest BCUT2D eigenvalue weighted by Crippen LogP contribution is -2.36. The maximum absolute atomic E-state index is 4.69. The Hall–Kier alpha value is -1.15. The largest absolute Gasteiger partial charge is 0.352 e.